The number of nitrogens with two attached hydrogens (primary N) is 1. The zero-order valence-electron chi connectivity index (χ0n) is 19.5. The van der Waals surface area contributed by atoms with Crippen LogP contribution < -0.4 is 21.7 Å². The summed E-state index contributed by atoms with van der Waals surface area (Å²) < 4.78 is 0. The largest absolute Gasteiger partial charge is 0.480 e. The summed E-state index contributed by atoms with van der Waals surface area (Å²) in [7, 11) is 0. The molecule has 0 saturated heterocycles. The molecule has 2 aromatic rings. The molecule has 0 radical (unpaired) electrons. The molecule has 2 aromatic heterocycles. The number of imidazole rings is 2. The third-order valence-corrected chi connectivity index (χ3v) is 5.47. The fourth-order valence-corrected chi connectivity index (χ4v) is 3.42. The van der Waals surface area contributed by atoms with Crippen LogP contribution >= 0.6 is 12.6 Å². The Balaban J connectivity index is 2.16. The molecule has 2 rings (SSSR count). The van der Waals surface area contributed by atoms with Gasteiger partial charge in [0.1, 0.15) is 18.1 Å². The number of carbonyl (C=O) groups is 4. The maximum absolute atomic E-state index is 13.2. The highest BCUT2D eigenvalue weighted by atomic mass is 32.1. The molecule has 0 aliphatic carbocycles. The number of aromatic nitrogens is 4. The van der Waals surface area contributed by atoms with E-state index in [1.54, 1.807) is 0 Å². The van der Waals surface area contributed by atoms with Crippen molar-refractivity contribution in [3.63, 3.8) is 0 Å². The molecular weight excluding hydrogens is 476 g/mol. The lowest BCUT2D eigenvalue weighted by Gasteiger charge is -2.26. The summed E-state index contributed by atoms with van der Waals surface area (Å²) in [6, 6.07) is -4.25. The van der Waals surface area contributed by atoms with Gasteiger partial charge in [-0.15, -0.1) is 0 Å². The molecule has 13 nitrogen and oxygen atoms in total. The predicted octanol–water partition coefficient (Wildman–Crippen LogP) is -1.24. The van der Waals surface area contributed by atoms with Gasteiger partial charge in [-0.3, -0.25) is 14.4 Å². The van der Waals surface area contributed by atoms with Crippen LogP contribution in [0, 0.1) is 5.92 Å². The molecule has 0 bridgehead atoms. The van der Waals surface area contributed by atoms with Crippen LogP contribution in [0.15, 0.2) is 25.0 Å². The molecule has 0 saturated carbocycles. The summed E-state index contributed by atoms with van der Waals surface area (Å²) in [6.45, 7) is 3.72. The fourth-order valence-electron chi connectivity index (χ4n) is 3.25. The van der Waals surface area contributed by atoms with E-state index in [0.717, 1.165) is 0 Å². The summed E-state index contributed by atoms with van der Waals surface area (Å²) in [5.74, 6) is -3.00. The highest BCUT2D eigenvalue weighted by molar-refractivity contribution is 7.80. The van der Waals surface area contributed by atoms with Gasteiger partial charge in [-0.1, -0.05) is 13.8 Å². The number of aromatic amines is 2. The van der Waals surface area contributed by atoms with E-state index in [1.165, 1.54) is 25.0 Å². The van der Waals surface area contributed by atoms with Crippen LogP contribution in [-0.4, -0.2) is 78.7 Å². The lowest BCUT2D eigenvalue weighted by Crippen LogP contribution is -2.58. The van der Waals surface area contributed by atoms with Gasteiger partial charge in [0.15, 0.2) is 0 Å². The van der Waals surface area contributed by atoms with E-state index >= 15 is 0 Å². The minimum atomic E-state index is -1.23. The maximum atomic E-state index is 13.2. The molecule has 0 fully saturated rings. The van der Waals surface area contributed by atoms with E-state index in [9.17, 15) is 24.3 Å². The van der Waals surface area contributed by atoms with Crippen molar-refractivity contribution in [2.24, 2.45) is 11.7 Å². The Bertz CT molecular complexity index is 967. The Labute approximate surface area is 207 Å². The molecule has 0 aliphatic heterocycles. The number of amides is 3. The third kappa shape index (κ3) is 9.05. The lowest BCUT2D eigenvalue weighted by atomic mass is 10.0. The number of nitrogens with one attached hydrogen (secondary N) is 5. The maximum Gasteiger partial charge on any atom is 0.326 e. The van der Waals surface area contributed by atoms with Crippen molar-refractivity contribution in [2.45, 2.75) is 57.3 Å². The van der Waals surface area contributed by atoms with Gasteiger partial charge in [0.2, 0.25) is 17.7 Å². The molecule has 2 heterocycles. The number of carboxylic acid groups (broad SMARTS) is 1. The Kier molecular flexibility index (Phi) is 10.7. The summed E-state index contributed by atoms with van der Waals surface area (Å²) in [5, 5.41) is 17.3. The van der Waals surface area contributed by atoms with Crippen molar-refractivity contribution in [1.29, 1.82) is 0 Å². The molecule has 0 aliphatic rings. The molecule has 3 amide bonds. The molecular formula is C21H32N8O5S. The van der Waals surface area contributed by atoms with E-state index in [1.807, 2.05) is 13.8 Å². The van der Waals surface area contributed by atoms with Crippen LogP contribution in [0.1, 0.15) is 31.7 Å². The van der Waals surface area contributed by atoms with E-state index in [0.29, 0.717) is 11.4 Å². The number of aliphatic carboxylic acids is 1. The smallest absolute Gasteiger partial charge is 0.326 e. The predicted molar refractivity (Wildman–Crippen MR) is 129 cm³/mol. The molecule has 192 valence electrons. The summed E-state index contributed by atoms with van der Waals surface area (Å²) >= 11 is 4.01. The zero-order valence-corrected chi connectivity index (χ0v) is 20.4. The van der Waals surface area contributed by atoms with Gasteiger partial charge in [0.05, 0.1) is 18.7 Å². The molecule has 35 heavy (non-hydrogen) atoms. The number of hydrogen-bond acceptors (Lipinski definition) is 8. The van der Waals surface area contributed by atoms with Gasteiger partial charge in [0.25, 0.3) is 0 Å². The van der Waals surface area contributed by atoms with E-state index in [4.69, 9.17) is 5.73 Å². The highest BCUT2D eigenvalue weighted by Gasteiger charge is 2.31. The van der Waals surface area contributed by atoms with Gasteiger partial charge in [-0.2, -0.15) is 12.6 Å². The van der Waals surface area contributed by atoms with Gasteiger partial charge in [0, 0.05) is 42.4 Å². The van der Waals surface area contributed by atoms with Crippen molar-refractivity contribution >= 4 is 36.3 Å². The zero-order chi connectivity index (χ0) is 26.0. The molecule has 14 heteroatoms. The van der Waals surface area contributed by atoms with E-state index in [2.05, 4.69) is 48.5 Å². The fraction of sp³-hybridized carbons (Fsp3) is 0.524. The van der Waals surface area contributed by atoms with Gasteiger partial charge in [-0.25, -0.2) is 14.8 Å². The third-order valence-electron chi connectivity index (χ3n) is 5.08. The van der Waals surface area contributed by atoms with Crippen LogP contribution in [0.3, 0.4) is 0 Å². The number of thiol groups is 1. The van der Waals surface area contributed by atoms with Crippen molar-refractivity contribution in [2.75, 3.05) is 5.75 Å². The summed E-state index contributed by atoms with van der Waals surface area (Å²) in [6.07, 6.45) is 6.13. The van der Waals surface area contributed by atoms with Gasteiger partial charge < -0.3 is 36.8 Å². The minimum absolute atomic E-state index is 0.000174. The summed E-state index contributed by atoms with van der Waals surface area (Å²) in [4.78, 5) is 63.7. The van der Waals surface area contributed by atoms with E-state index in [-0.39, 0.29) is 30.9 Å². The average molecular weight is 509 g/mol. The number of H-pyrrole nitrogens is 2. The van der Waals surface area contributed by atoms with Crippen LogP contribution in [0.2, 0.25) is 0 Å². The van der Waals surface area contributed by atoms with Gasteiger partial charge >= 0.3 is 5.97 Å². The normalized spacial score (nSPS) is 14.5. The topological polar surface area (TPSA) is 208 Å². The molecule has 0 aromatic carbocycles. The Morgan fingerprint density at radius 3 is 1.86 bits per heavy atom. The first kappa shape index (κ1) is 27.9. The Morgan fingerprint density at radius 2 is 1.40 bits per heavy atom. The first-order valence-electron chi connectivity index (χ1n) is 11.1. The van der Waals surface area contributed by atoms with E-state index < -0.39 is 47.9 Å². The van der Waals surface area contributed by atoms with Crippen molar-refractivity contribution < 1.29 is 24.3 Å². The quantitative estimate of drug-likeness (QED) is 0.144. The van der Waals surface area contributed by atoms with Gasteiger partial charge in [-0.05, 0) is 12.3 Å². The van der Waals surface area contributed by atoms with Crippen molar-refractivity contribution in [3.8, 4) is 0 Å². The van der Waals surface area contributed by atoms with Crippen LogP contribution in [0.5, 0.6) is 0 Å². The molecule has 4 unspecified atom stereocenters. The first-order valence-corrected chi connectivity index (χ1v) is 11.7. The van der Waals surface area contributed by atoms with Crippen LogP contribution in [0.25, 0.3) is 0 Å². The second-order valence-electron chi connectivity index (χ2n) is 8.50. The number of carbonyl (C=O) groups excluding carboxylic acids is 3. The van der Waals surface area contributed by atoms with Crippen LogP contribution in [-0.2, 0) is 32.0 Å². The first-order chi connectivity index (χ1) is 16.6. The minimum Gasteiger partial charge on any atom is -0.480 e. The Morgan fingerprint density at radius 1 is 0.914 bits per heavy atom. The monoisotopic (exact) mass is 508 g/mol. The standard InChI is InChI=1S/C21H32N8O5S/c1-11(2)3-15(19(31)29-17(21(33)34)5-13-7-24-10-26-13)28-20(32)16(4-12-6-23-9-25-12)27-18(30)14(22)8-35/h6-7,9-11,14-17,35H,3-5,8,22H2,1-2H3,(H,23,25)(H,24,26)(H,27,30)(H,28,32)(H,29,31)(H,33,34). The SMILES string of the molecule is CC(C)CC(NC(=O)C(Cc1cnc[nH]1)NC(=O)C(N)CS)C(=O)NC(Cc1cnc[nH]1)C(=O)O. The number of carboxylic acids is 1. The average Bonchev–Trinajstić information content (AvgIpc) is 3.50. The van der Waals surface area contributed by atoms with Crippen molar-refractivity contribution in [3.05, 3.63) is 36.4 Å². The lowest BCUT2D eigenvalue weighted by molar-refractivity contribution is -0.142. The Hall–Kier alpha value is -3.39. The highest BCUT2D eigenvalue weighted by Crippen LogP contribution is 2.08. The number of nitrogens with zero attached hydrogens (tertiary/aromatic N) is 2. The summed E-state index contributed by atoms with van der Waals surface area (Å²) in [5.41, 5.74) is 6.84. The molecule has 0 spiro atoms. The number of rotatable bonds is 14. The molecule has 8 N–H and O–H groups in total. The second-order valence-corrected chi connectivity index (χ2v) is 8.87. The number of hydrogen-bond donors (Lipinski definition) is 8. The van der Waals surface area contributed by atoms with Crippen molar-refractivity contribution in [1.82, 2.24) is 35.9 Å². The second kappa shape index (κ2) is 13.5. The molecule has 4 atom stereocenters. The van der Waals surface area contributed by atoms with Crippen LogP contribution in [0.4, 0.5) is 0 Å².